The van der Waals surface area contributed by atoms with Crippen LogP contribution in [0.1, 0.15) is 39.1 Å². The number of fused-ring (bicyclic) bond motifs is 1. The average Bonchev–Trinajstić information content (AvgIpc) is 2.57. The maximum absolute atomic E-state index is 11.8. The molecule has 88 valence electrons. The summed E-state index contributed by atoms with van der Waals surface area (Å²) < 4.78 is 4.47. The van der Waals surface area contributed by atoms with Gasteiger partial charge in [-0.05, 0) is 18.8 Å². The van der Waals surface area contributed by atoms with Crippen molar-refractivity contribution in [1.29, 1.82) is 0 Å². The van der Waals surface area contributed by atoms with Gasteiger partial charge in [0.05, 0.1) is 4.91 Å². The zero-order valence-electron chi connectivity index (χ0n) is 9.42. The molecule has 1 aliphatic rings. The number of hydrogen-bond donors (Lipinski definition) is 0. The summed E-state index contributed by atoms with van der Waals surface area (Å²) in [5, 5.41) is 27.0. The van der Waals surface area contributed by atoms with Gasteiger partial charge in [-0.25, -0.2) is 0 Å². The average molecular weight is 228 g/mol. The Labute approximate surface area is 91.1 Å². The molecule has 1 aromatic heterocycles. The summed E-state index contributed by atoms with van der Waals surface area (Å²) in [5.74, 6) is 0. The van der Waals surface area contributed by atoms with Crippen LogP contribution in [-0.2, 0) is 11.1 Å². The van der Waals surface area contributed by atoms with Crippen molar-refractivity contribution in [2.24, 2.45) is 0 Å². The molecule has 0 unspecified atom stereocenters. The van der Waals surface area contributed by atoms with Crippen LogP contribution in [0.2, 0.25) is 0 Å². The summed E-state index contributed by atoms with van der Waals surface area (Å²) in [6.07, 6.45) is 0. The summed E-state index contributed by atoms with van der Waals surface area (Å²) in [5.41, 5.74) is -2.26. The fourth-order valence-electron chi connectivity index (χ4n) is 1.80. The zero-order chi connectivity index (χ0) is 12.3. The second kappa shape index (κ2) is 2.70. The molecule has 1 aromatic rings. The van der Waals surface area contributed by atoms with Crippen molar-refractivity contribution in [3.8, 4) is 0 Å². The van der Waals surface area contributed by atoms with E-state index in [1.807, 2.05) is 0 Å². The van der Waals surface area contributed by atoms with Gasteiger partial charge in [-0.15, -0.1) is 0 Å². The maximum atomic E-state index is 11.8. The molecule has 0 saturated heterocycles. The molecule has 0 spiro atoms. The molecule has 2 heterocycles. The van der Waals surface area contributed by atoms with E-state index in [1.54, 1.807) is 0 Å². The highest BCUT2D eigenvalue weighted by atomic mass is 16.8. The fourth-order valence-corrected chi connectivity index (χ4v) is 1.80. The number of nitroso groups, excluding NO2 is 1. The van der Waals surface area contributed by atoms with E-state index in [0.717, 1.165) is 0 Å². The van der Waals surface area contributed by atoms with E-state index in [4.69, 9.17) is 0 Å². The highest BCUT2D eigenvalue weighted by Crippen LogP contribution is 2.40. The molecule has 0 N–H and O–H groups in total. The monoisotopic (exact) mass is 228 g/mol. The number of hydrogen-bond acceptors (Lipinski definition) is 5. The minimum Gasteiger partial charge on any atom is -0.703 e. The Balaban J connectivity index is 2.77. The minimum atomic E-state index is -1.30. The lowest BCUT2D eigenvalue weighted by molar-refractivity contribution is -0.827. The van der Waals surface area contributed by atoms with Gasteiger partial charge < -0.3 is 10.4 Å². The molecule has 0 aromatic carbocycles. The van der Waals surface area contributed by atoms with Crippen molar-refractivity contribution < 1.29 is 14.4 Å². The SMILES string of the molecule is CC1(C)c2c(no[n+]2[O-])C(C)(C)[N+](=O)N1[O-]. The number of nitrogens with zero attached hydrogens (tertiary/aromatic N) is 4. The predicted octanol–water partition coefficient (Wildman–Crippen LogP) is 0.285. The largest absolute Gasteiger partial charge is 0.703 e. The maximum Gasteiger partial charge on any atom is 0.307 e. The van der Waals surface area contributed by atoms with Gasteiger partial charge in [-0.1, -0.05) is 0 Å². The first-order valence-corrected chi connectivity index (χ1v) is 4.76. The Bertz CT molecular complexity index is 465. The van der Waals surface area contributed by atoms with Crippen LogP contribution in [0, 0.1) is 15.3 Å². The molecular weight excluding hydrogens is 216 g/mol. The Kier molecular flexibility index (Phi) is 1.82. The second-order valence-corrected chi connectivity index (χ2v) is 4.79. The highest BCUT2D eigenvalue weighted by Gasteiger charge is 2.60. The van der Waals surface area contributed by atoms with E-state index in [2.05, 4.69) is 9.79 Å². The molecule has 0 atom stereocenters. The van der Waals surface area contributed by atoms with Crippen molar-refractivity contribution in [1.82, 2.24) is 10.3 Å². The molecule has 0 amide bonds. The van der Waals surface area contributed by atoms with Gasteiger partial charge in [-0.2, -0.15) is 5.17 Å². The summed E-state index contributed by atoms with van der Waals surface area (Å²) in [7, 11) is 0. The summed E-state index contributed by atoms with van der Waals surface area (Å²) in [6.45, 7) is 5.93. The molecule has 8 nitrogen and oxygen atoms in total. The van der Waals surface area contributed by atoms with Gasteiger partial charge in [0.25, 0.3) is 0 Å². The van der Waals surface area contributed by atoms with Gasteiger partial charge in [0.1, 0.15) is 4.87 Å². The molecule has 0 saturated carbocycles. The molecule has 0 fully saturated rings. The van der Waals surface area contributed by atoms with Gasteiger partial charge in [-0.3, -0.25) is 4.63 Å². The molecule has 16 heavy (non-hydrogen) atoms. The lowest BCUT2D eigenvalue weighted by Crippen LogP contribution is -2.58. The van der Waals surface area contributed by atoms with Crippen LogP contribution in [0.25, 0.3) is 0 Å². The van der Waals surface area contributed by atoms with E-state index >= 15 is 0 Å². The van der Waals surface area contributed by atoms with Crippen LogP contribution in [0.5, 0.6) is 0 Å². The third-order valence-electron chi connectivity index (χ3n) is 2.89. The van der Waals surface area contributed by atoms with E-state index in [0.29, 0.717) is 0 Å². The van der Waals surface area contributed by atoms with Crippen LogP contribution in [-0.4, -0.2) is 15.2 Å². The smallest absolute Gasteiger partial charge is 0.307 e. The Morgan fingerprint density at radius 2 is 1.94 bits per heavy atom. The zero-order valence-corrected chi connectivity index (χ0v) is 9.42. The third-order valence-corrected chi connectivity index (χ3v) is 2.89. The first kappa shape index (κ1) is 10.8. The molecule has 1 aliphatic heterocycles. The minimum absolute atomic E-state index is 0.0691. The van der Waals surface area contributed by atoms with Gasteiger partial charge in [0.2, 0.25) is 5.69 Å². The molecule has 8 heteroatoms. The Morgan fingerprint density at radius 1 is 1.38 bits per heavy atom. The van der Waals surface area contributed by atoms with Crippen LogP contribution in [0.4, 0.5) is 0 Å². The van der Waals surface area contributed by atoms with Crippen molar-refractivity contribution >= 4 is 0 Å². The van der Waals surface area contributed by atoms with Crippen LogP contribution in [0.15, 0.2) is 4.63 Å². The molecule has 0 aliphatic carbocycles. The first-order valence-electron chi connectivity index (χ1n) is 4.76. The summed E-state index contributed by atoms with van der Waals surface area (Å²) in [4.78, 5) is 12.2. The number of hydrazine groups is 1. The van der Waals surface area contributed by atoms with Crippen molar-refractivity contribution in [3.05, 3.63) is 26.7 Å². The number of aromatic nitrogens is 2. The topological polar surface area (TPSA) is 99.3 Å². The van der Waals surface area contributed by atoms with E-state index in [1.165, 1.54) is 27.7 Å². The van der Waals surface area contributed by atoms with Crippen molar-refractivity contribution in [2.75, 3.05) is 0 Å². The molecule has 0 radical (unpaired) electrons. The number of rotatable bonds is 0. The van der Waals surface area contributed by atoms with Gasteiger partial charge >= 0.3 is 11.2 Å². The second-order valence-electron chi connectivity index (χ2n) is 4.79. The van der Waals surface area contributed by atoms with Crippen LogP contribution >= 0.6 is 0 Å². The normalized spacial score (nSPS) is 22.1. The third kappa shape index (κ3) is 1.02. The highest BCUT2D eigenvalue weighted by molar-refractivity contribution is 5.21. The van der Waals surface area contributed by atoms with Crippen molar-refractivity contribution in [3.63, 3.8) is 0 Å². The van der Waals surface area contributed by atoms with Gasteiger partial charge in [0, 0.05) is 19.0 Å². The van der Waals surface area contributed by atoms with E-state index < -0.39 is 11.1 Å². The number of hydroxylamine groups is 1. The molecule has 0 bridgehead atoms. The van der Waals surface area contributed by atoms with Crippen molar-refractivity contribution in [2.45, 2.75) is 38.8 Å². The molecular formula is C8H12N4O4. The van der Waals surface area contributed by atoms with Gasteiger partial charge in [0.15, 0.2) is 5.54 Å². The van der Waals surface area contributed by atoms with E-state index in [-0.39, 0.29) is 26.3 Å². The molecule has 2 rings (SSSR count). The van der Waals surface area contributed by atoms with E-state index in [9.17, 15) is 15.3 Å². The summed E-state index contributed by atoms with van der Waals surface area (Å²) in [6, 6.07) is 0. The summed E-state index contributed by atoms with van der Waals surface area (Å²) >= 11 is 0. The Hall–Kier alpha value is -1.70. The lowest BCUT2D eigenvalue weighted by Gasteiger charge is -2.39. The predicted molar refractivity (Wildman–Crippen MR) is 50.3 cm³/mol. The first-order chi connectivity index (χ1) is 7.20. The van der Waals surface area contributed by atoms with Crippen LogP contribution in [0.3, 0.4) is 0 Å². The quantitative estimate of drug-likeness (QED) is 0.467. The fraction of sp³-hybridized carbons (Fsp3) is 0.750. The lowest BCUT2D eigenvalue weighted by atomic mass is 9.88. The van der Waals surface area contributed by atoms with Crippen LogP contribution < -0.4 is 4.90 Å². The Morgan fingerprint density at radius 3 is 2.50 bits per heavy atom. The standard InChI is InChI=1S/C8H12N4O4/c1-7(2)5-6(10(13)16-9-5)8(3,4)12(15)11(7)14/h1-4H3.